The second-order valence-corrected chi connectivity index (χ2v) is 24.1. The summed E-state index contributed by atoms with van der Waals surface area (Å²) in [6.45, 7) is 19.0. The van der Waals surface area contributed by atoms with Crippen molar-refractivity contribution >= 4 is 68.9 Å². The molecule has 454 valence electrons. The molecule has 9 amide bonds. The number of carbonyl (C=O) groups is 9. The standard InChI is InChI=1S/C58H87N9O14S/c1-37(2)43(66(12)55(75)51(57(6,7)8)64-54(74)50(60-11)58(9,10)41-20-14-13-15-21-41)35-39(5)52(72)65-82(77,78)45-23-17-16-22-42(45)62-53(73)40(19-18-27-61-56(59)76)36-44(68)49(38(3)4)63-46(69)26-29-79-31-33-81-34-32-80-30-28-67-47(70)24-25-48(67)71/h13-17,20-25,35,37-38,40,43,49-51,60H,18-19,26-34,36H2,1-12H3,(H,62,73)(H,63,69)(H,64,74)(H,65,72)(H3,59,61,76)/b39-35+/t40-,43-,49+,50-,51-/m1/s1. The molecule has 0 fully saturated rings. The fraction of sp³-hybridized carbons (Fsp3) is 0.569. The second kappa shape index (κ2) is 32.7. The Kier molecular flexibility index (Phi) is 27.7. The molecule has 0 aromatic heterocycles. The minimum Gasteiger partial charge on any atom is -0.379 e. The predicted octanol–water partition coefficient (Wildman–Crippen LogP) is 3.49. The first-order valence-corrected chi connectivity index (χ1v) is 29.0. The number of carbonyl (C=O) groups excluding carboxylic acids is 9. The molecule has 0 unspecified atom stereocenters. The molecule has 24 heteroatoms. The lowest BCUT2D eigenvalue weighted by molar-refractivity contribution is -0.141. The first-order valence-electron chi connectivity index (χ1n) is 27.5. The summed E-state index contributed by atoms with van der Waals surface area (Å²) in [6.07, 6.45) is 3.63. The minimum atomic E-state index is -4.71. The van der Waals surface area contributed by atoms with Crippen molar-refractivity contribution in [1.29, 1.82) is 0 Å². The molecular weight excluding hydrogens is 1080 g/mol. The van der Waals surface area contributed by atoms with Gasteiger partial charge in [0, 0.05) is 55.5 Å². The summed E-state index contributed by atoms with van der Waals surface area (Å²) in [5.41, 5.74) is 4.47. The molecule has 1 aliphatic rings. The van der Waals surface area contributed by atoms with Gasteiger partial charge in [-0.1, -0.05) is 111 Å². The zero-order valence-electron chi connectivity index (χ0n) is 49.6. The van der Waals surface area contributed by atoms with Gasteiger partial charge in [-0.2, -0.15) is 0 Å². The number of imide groups is 1. The van der Waals surface area contributed by atoms with Crippen LogP contribution in [0.5, 0.6) is 0 Å². The van der Waals surface area contributed by atoms with Crippen LogP contribution < -0.4 is 37.0 Å². The molecule has 2 aromatic rings. The van der Waals surface area contributed by atoms with E-state index in [2.05, 4.69) is 31.3 Å². The fourth-order valence-corrected chi connectivity index (χ4v) is 10.3. The Morgan fingerprint density at radius 3 is 1.89 bits per heavy atom. The Morgan fingerprint density at radius 2 is 1.33 bits per heavy atom. The molecule has 0 aliphatic carbocycles. The van der Waals surface area contributed by atoms with Crippen LogP contribution in [0.25, 0.3) is 0 Å². The van der Waals surface area contributed by atoms with Crippen LogP contribution in [0, 0.1) is 23.2 Å². The Bertz CT molecular complexity index is 2690. The van der Waals surface area contributed by atoms with Crippen LogP contribution in [0.2, 0.25) is 0 Å². The van der Waals surface area contributed by atoms with Gasteiger partial charge in [0.1, 0.15) is 10.9 Å². The number of urea groups is 1. The Hall–Kier alpha value is -6.86. The molecule has 1 heterocycles. The lowest BCUT2D eigenvalue weighted by Gasteiger charge is -2.40. The van der Waals surface area contributed by atoms with E-state index in [0.29, 0.717) is 0 Å². The molecule has 23 nitrogen and oxygen atoms in total. The van der Waals surface area contributed by atoms with Crippen molar-refractivity contribution in [1.82, 2.24) is 35.8 Å². The van der Waals surface area contributed by atoms with Crippen LogP contribution in [0.4, 0.5) is 10.5 Å². The second-order valence-electron chi connectivity index (χ2n) is 22.4. The van der Waals surface area contributed by atoms with E-state index in [1.165, 1.54) is 54.3 Å². The third kappa shape index (κ3) is 21.5. The number of nitrogens with one attached hydrogen (secondary N) is 6. The number of anilines is 1. The number of nitrogens with zero attached hydrogens (tertiary/aromatic N) is 2. The van der Waals surface area contributed by atoms with Crippen molar-refractivity contribution in [2.24, 2.45) is 28.9 Å². The van der Waals surface area contributed by atoms with Gasteiger partial charge in [-0.25, -0.2) is 17.9 Å². The van der Waals surface area contributed by atoms with Crippen molar-refractivity contribution in [2.75, 3.05) is 72.1 Å². The summed E-state index contributed by atoms with van der Waals surface area (Å²) >= 11 is 0. The number of likely N-dealkylation sites (N-methyl/N-ethyl adjacent to an activating group) is 2. The first kappa shape index (κ1) is 69.4. The number of ketones is 1. The molecular formula is C58H87N9O14S. The van der Waals surface area contributed by atoms with Gasteiger partial charge in [0.2, 0.25) is 23.6 Å². The summed E-state index contributed by atoms with van der Waals surface area (Å²) in [5, 5.41) is 13.9. The number of benzene rings is 2. The number of para-hydroxylation sites is 1. The van der Waals surface area contributed by atoms with E-state index < -0.39 is 97.2 Å². The van der Waals surface area contributed by atoms with Crippen molar-refractivity contribution in [3.8, 4) is 0 Å². The number of Topliss-reactive ketones (excluding diaryl/α,β-unsaturated/α-hetero) is 1. The highest BCUT2D eigenvalue weighted by atomic mass is 32.2. The molecule has 5 atom stereocenters. The average molecular weight is 1170 g/mol. The maximum Gasteiger partial charge on any atom is 0.312 e. The van der Waals surface area contributed by atoms with E-state index in [9.17, 15) is 51.6 Å². The van der Waals surface area contributed by atoms with E-state index in [1.54, 1.807) is 27.9 Å². The number of primary amides is 1. The molecule has 0 radical (unpaired) electrons. The average Bonchev–Trinajstić information content (AvgIpc) is 3.92. The van der Waals surface area contributed by atoms with Crippen LogP contribution in [0.3, 0.4) is 0 Å². The Labute approximate surface area is 483 Å². The van der Waals surface area contributed by atoms with E-state index in [-0.39, 0.29) is 113 Å². The van der Waals surface area contributed by atoms with Gasteiger partial charge in [-0.15, -0.1) is 0 Å². The van der Waals surface area contributed by atoms with Crippen molar-refractivity contribution in [3.05, 3.63) is 84.0 Å². The van der Waals surface area contributed by atoms with E-state index in [0.717, 1.165) is 10.5 Å². The smallest absolute Gasteiger partial charge is 0.312 e. The molecule has 82 heavy (non-hydrogen) atoms. The number of sulfonamides is 1. The Balaban J connectivity index is 1.69. The zero-order valence-corrected chi connectivity index (χ0v) is 50.4. The molecule has 1 aliphatic heterocycles. The third-order valence-electron chi connectivity index (χ3n) is 13.9. The van der Waals surface area contributed by atoms with Gasteiger partial charge < -0.3 is 51.4 Å². The van der Waals surface area contributed by atoms with Gasteiger partial charge in [0.15, 0.2) is 5.78 Å². The molecule has 8 N–H and O–H groups in total. The number of rotatable bonds is 35. The van der Waals surface area contributed by atoms with Gasteiger partial charge >= 0.3 is 6.03 Å². The Morgan fingerprint density at radius 1 is 0.756 bits per heavy atom. The highest BCUT2D eigenvalue weighted by Gasteiger charge is 2.42. The van der Waals surface area contributed by atoms with Gasteiger partial charge in [-0.05, 0) is 61.8 Å². The number of amides is 9. The normalized spacial score (nSPS) is 14.9. The van der Waals surface area contributed by atoms with Crippen LogP contribution in [-0.2, 0) is 68.0 Å². The topological polar surface area (TPSA) is 320 Å². The number of hydrogen-bond donors (Lipinski definition) is 7. The van der Waals surface area contributed by atoms with Crippen LogP contribution in [0.15, 0.2) is 83.3 Å². The summed E-state index contributed by atoms with van der Waals surface area (Å²) in [5.74, 6) is -6.12. The molecule has 3 rings (SSSR count). The van der Waals surface area contributed by atoms with Gasteiger partial charge in [0.05, 0.1) is 70.0 Å². The maximum atomic E-state index is 14.5. The van der Waals surface area contributed by atoms with Crippen molar-refractivity contribution in [2.45, 2.75) is 129 Å². The van der Waals surface area contributed by atoms with E-state index in [1.807, 2.05) is 78.8 Å². The molecule has 0 saturated carbocycles. The largest absolute Gasteiger partial charge is 0.379 e. The summed E-state index contributed by atoms with van der Waals surface area (Å²) in [7, 11) is -1.47. The van der Waals surface area contributed by atoms with Gasteiger partial charge in [0.25, 0.3) is 27.7 Å². The SMILES string of the molecule is CN[C@H](C(=O)N[C@H](C(=O)N(C)[C@H](/C=C(\C)C(=O)NS(=O)(=O)c1ccccc1NC(=O)[C@H](CCCNC(N)=O)CC(=O)[C@@H](NC(=O)CCOCCOCCOCCN1C(=O)C=CC1=O)C(C)C)C(C)C)C(C)(C)C)C(C)(C)c1ccccc1. The quantitative estimate of drug-likeness (QED) is 0.0295. The van der Waals surface area contributed by atoms with Crippen molar-refractivity contribution < 1.29 is 65.8 Å². The minimum absolute atomic E-state index is 0.0112. The van der Waals surface area contributed by atoms with E-state index >= 15 is 0 Å². The van der Waals surface area contributed by atoms with Crippen molar-refractivity contribution in [3.63, 3.8) is 0 Å². The summed E-state index contributed by atoms with van der Waals surface area (Å²) < 4.78 is 46.6. The zero-order chi connectivity index (χ0) is 61.5. The predicted molar refractivity (Wildman–Crippen MR) is 309 cm³/mol. The molecule has 0 spiro atoms. The highest BCUT2D eigenvalue weighted by molar-refractivity contribution is 7.90. The molecule has 2 aromatic carbocycles. The lowest BCUT2D eigenvalue weighted by atomic mass is 9.76. The summed E-state index contributed by atoms with van der Waals surface area (Å²) in [4.78, 5) is 120. The number of nitrogens with two attached hydrogens (primary N) is 1. The summed E-state index contributed by atoms with van der Waals surface area (Å²) in [6, 6.07) is 10.6. The van der Waals surface area contributed by atoms with Gasteiger partial charge in [-0.3, -0.25) is 43.3 Å². The first-order chi connectivity index (χ1) is 38.4. The fourth-order valence-electron chi connectivity index (χ4n) is 9.09. The van der Waals surface area contributed by atoms with Crippen LogP contribution in [0.1, 0.15) is 100 Å². The van der Waals surface area contributed by atoms with Crippen LogP contribution >= 0.6 is 0 Å². The van der Waals surface area contributed by atoms with Crippen LogP contribution in [-0.4, -0.2) is 162 Å². The lowest BCUT2D eigenvalue weighted by Crippen LogP contribution is -2.61. The third-order valence-corrected chi connectivity index (χ3v) is 15.3. The maximum absolute atomic E-state index is 14.5. The number of hydrogen-bond acceptors (Lipinski definition) is 15. The highest BCUT2D eigenvalue weighted by Crippen LogP contribution is 2.30. The van der Waals surface area contributed by atoms with E-state index in [4.69, 9.17) is 19.9 Å². The molecule has 0 saturated heterocycles. The monoisotopic (exact) mass is 1170 g/mol. The number of ether oxygens (including phenoxy) is 3. The molecule has 0 bridgehead atoms.